The van der Waals surface area contributed by atoms with Crippen LogP contribution in [0.1, 0.15) is 0 Å². The molecule has 0 saturated carbocycles. The smallest absolute Gasteiger partial charge is 0.493 e. The Morgan fingerprint density at radius 3 is 2.68 bits per heavy atom. The van der Waals surface area contributed by atoms with Gasteiger partial charge in [0.05, 0.1) is 5.52 Å². The molecule has 146 valence electrons. The van der Waals surface area contributed by atoms with E-state index in [1.807, 2.05) is 0 Å². The van der Waals surface area contributed by atoms with Gasteiger partial charge in [-0.2, -0.15) is 0 Å². The first-order valence-corrected chi connectivity index (χ1v) is 8.48. The standard InChI is InChI=1S/C17H12ClF3N4O2S/c1-25-13-6-5-11(27-17(19,20)21)8-12(13)14(15(25)26)23-24-16(28)22-10-4-2-3-9(18)7-10/h2-8,26H,1H3,(H,22,28). The summed E-state index contributed by atoms with van der Waals surface area (Å²) >= 11 is 11.0. The largest absolute Gasteiger partial charge is 0.573 e. The fraction of sp³-hybridized carbons (Fsp3) is 0.118. The normalized spacial score (nSPS) is 11.9. The van der Waals surface area contributed by atoms with Gasteiger partial charge in [-0.1, -0.05) is 17.7 Å². The van der Waals surface area contributed by atoms with Crippen molar-refractivity contribution < 1.29 is 23.0 Å². The number of halogens is 4. The van der Waals surface area contributed by atoms with Gasteiger partial charge < -0.3 is 19.7 Å². The first-order valence-electron chi connectivity index (χ1n) is 7.69. The number of azo groups is 1. The minimum Gasteiger partial charge on any atom is -0.493 e. The fourth-order valence-electron chi connectivity index (χ4n) is 2.50. The van der Waals surface area contributed by atoms with Crippen molar-refractivity contribution in [3.8, 4) is 11.6 Å². The Labute approximate surface area is 167 Å². The second kappa shape index (κ2) is 7.64. The van der Waals surface area contributed by atoms with Crippen molar-refractivity contribution in [1.29, 1.82) is 0 Å². The van der Waals surface area contributed by atoms with E-state index in [4.69, 9.17) is 23.8 Å². The van der Waals surface area contributed by atoms with Crippen molar-refractivity contribution in [2.24, 2.45) is 17.3 Å². The number of anilines is 1. The second-order valence-corrected chi connectivity index (χ2v) is 6.42. The third-order valence-electron chi connectivity index (χ3n) is 3.66. The van der Waals surface area contributed by atoms with E-state index in [9.17, 15) is 18.3 Å². The molecule has 0 fully saturated rings. The van der Waals surface area contributed by atoms with Gasteiger partial charge >= 0.3 is 6.36 Å². The Morgan fingerprint density at radius 2 is 2.00 bits per heavy atom. The average molecular weight is 429 g/mol. The van der Waals surface area contributed by atoms with Crippen LogP contribution in [0.4, 0.5) is 24.5 Å². The van der Waals surface area contributed by atoms with Crippen LogP contribution < -0.4 is 10.1 Å². The van der Waals surface area contributed by atoms with Crippen LogP contribution in [0.2, 0.25) is 5.02 Å². The van der Waals surface area contributed by atoms with Crippen molar-refractivity contribution in [3.63, 3.8) is 0 Å². The second-order valence-electron chi connectivity index (χ2n) is 5.60. The molecule has 0 aliphatic heterocycles. The third kappa shape index (κ3) is 4.52. The van der Waals surface area contributed by atoms with Gasteiger partial charge in [0.15, 0.2) is 5.69 Å². The molecule has 11 heteroatoms. The van der Waals surface area contributed by atoms with E-state index in [1.165, 1.54) is 17.7 Å². The molecular weight excluding hydrogens is 417 g/mol. The van der Waals surface area contributed by atoms with E-state index in [-0.39, 0.29) is 22.1 Å². The Bertz CT molecular complexity index is 1080. The maximum absolute atomic E-state index is 12.5. The molecule has 0 radical (unpaired) electrons. The van der Waals surface area contributed by atoms with Gasteiger partial charge in [-0.05, 0) is 48.6 Å². The number of rotatable bonds is 3. The molecule has 0 saturated heterocycles. The summed E-state index contributed by atoms with van der Waals surface area (Å²) in [5.41, 5.74) is 0.981. The number of hydrogen-bond donors (Lipinski definition) is 2. The van der Waals surface area contributed by atoms with Gasteiger partial charge in [-0.3, -0.25) is 0 Å². The molecule has 0 atom stereocenters. The summed E-state index contributed by atoms with van der Waals surface area (Å²) in [5, 5.41) is 21.4. The maximum atomic E-state index is 12.5. The maximum Gasteiger partial charge on any atom is 0.573 e. The summed E-state index contributed by atoms with van der Waals surface area (Å²) in [6.45, 7) is 0. The van der Waals surface area contributed by atoms with Crippen LogP contribution in [-0.2, 0) is 7.05 Å². The monoisotopic (exact) mass is 428 g/mol. The minimum atomic E-state index is -4.84. The SMILES string of the molecule is Cn1c(O)c(N=NC(=S)Nc2cccc(Cl)c2)c2cc(OC(F)(F)F)ccc21. The van der Waals surface area contributed by atoms with Gasteiger partial charge in [0.2, 0.25) is 11.0 Å². The van der Waals surface area contributed by atoms with Crippen LogP contribution in [-0.4, -0.2) is 21.1 Å². The van der Waals surface area contributed by atoms with Crippen LogP contribution in [0, 0.1) is 0 Å². The fourth-order valence-corrected chi connectivity index (χ4v) is 2.85. The number of alkyl halides is 3. The van der Waals surface area contributed by atoms with Crippen molar-refractivity contribution >= 4 is 51.2 Å². The molecule has 0 aliphatic rings. The van der Waals surface area contributed by atoms with Crippen LogP contribution in [0.15, 0.2) is 52.7 Å². The topological polar surface area (TPSA) is 71.1 Å². The number of nitrogens with one attached hydrogen (secondary N) is 1. The van der Waals surface area contributed by atoms with Crippen LogP contribution in [0.5, 0.6) is 11.6 Å². The lowest BCUT2D eigenvalue weighted by molar-refractivity contribution is -0.274. The van der Waals surface area contributed by atoms with E-state index < -0.39 is 12.1 Å². The van der Waals surface area contributed by atoms with Gasteiger partial charge in [-0.25, -0.2) is 0 Å². The molecular formula is C17H12ClF3N4O2S. The molecule has 1 heterocycles. The number of nitrogens with zero attached hydrogens (tertiary/aromatic N) is 3. The quantitative estimate of drug-likeness (QED) is 0.401. The lowest BCUT2D eigenvalue weighted by Crippen LogP contribution is -2.16. The van der Waals surface area contributed by atoms with E-state index in [0.717, 1.165) is 12.1 Å². The molecule has 3 aromatic rings. The van der Waals surface area contributed by atoms with Gasteiger partial charge in [0.1, 0.15) is 5.75 Å². The molecule has 0 spiro atoms. The van der Waals surface area contributed by atoms with Crippen LogP contribution in [0.25, 0.3) is 10.9 Å². The van der Waals surface area contributed by atoms with Gasteiger partial charge in [-0.15, -0.1) is 23.4 Å². The highest BCUT2D eigenvalue weighted by molar-refractivity contribution is 7.80. The highest BCUT2D eigenvalue weighted by Gasteiger charge is 2.31. The number of aromatic nitrogens is 1. The lowest BCUT2D eigenvalue weighted by atomic mass is 10.2. The van der Waals surface area contributed by atoms with Gasteiger partial charge in [0, 0.05) is 23.1 Å². The molecule has 3 rings (SSSR count). The number of aromatic hydroxyl groups is 1. The minimum absolute atomic E-state index is 0.0265. The van der Waals surface area contributed by atoms with E-state index >= 15 is 0 Å². The Balaban J connectivity index is 1.90. The van der Waals surface area contributed by atoms with Crippen molar-refractivity contribution in [2.75, 3.05) is 5.32 Å². The highest BCUT2D eigenvalue weighted by Crippen LogP contribution is 2.40. The zero-order valence-corrected chi connectivity index (χ0v) is 15.7. The molecule has 6 nitrogen and oxygen atoms in total. The summed E-state index contributed by atoms with van der Waals surface area (Å²) in [6.07, 6.45) is -4.84. The number of aryl methyl sites for hydroxylation is 1. The molecule has 0 amide bonds. The molecule has 0 unspecified atom stereocenters. The number of fused-ring (bicyclic) bond motifs is 1. The third-order valence-corrected chi connectivity index (χ3v) is 4.08. The summed E-state index contributed by atoms with van der Waals surface area (Å²) in [4.78, 5) is 0. The molecule has 0 bridgehead atoms. The van der Waals surface area contributed by atoms with E-state index in [0.29, 0.717) is 16.2 Å². The Hall–Kier alpha value is -2.85. The zero-order valence-electron chi connectivity index (χ0n) is 14.2. The first kappa shape index (κ1) is 19.9. The summed E-state index contributed by atoms with van der Waals surface area (Å²) in [6, 6.07) is 10.4. The average Bonchev–Trinajstić information content (AvgIpc) is 2.82. The summed E-state index contributed by atoms with van der Waals surface area (Å²) < 4.78 is 42.7. The summed E-state index contributed by atoms with van der Waals surface area (Å²) in [7, 11) is 1.53. The highest BCUT2D eigenvalue weighted by atomic mass is 35.5. The molecule has 2 aromatic carbocycles. The predicted octanol–water partition coefficient (Wildman–Crippen LogP) is 5.92. The molecule has 28 heavy (non-hydrogen) atoms. The van der Waals surface area contributed by atoms with Gasteiger partial charge in [0.25, 0.3) is 0 Å². The Kier molecular flexibility index (Phi) is 5.43. The molecule has 2 N–H and O–H groups in total. The Morgan fingerprint density at radius 1 is 1.25 bits per heavy atom. The first-order chi connectivity index (χ1) is 13.1. The number of thiocarbonyl (C=S) groups is 1. The van der Waals surface area contributed by atoms with E-state index in [1.54, 1.807) is 24.3 Å². The van der Waals surface area contributed by atoms with Crippen molar-refractivity contribution in [1.82, 2.24) is 4.57 Å². The van der Waals surface area contributed by atoms with Crippen molar-refractivity contribution in [3.05, 3.63) is 47.5 Å². The van der Waals surface area contributed by atoms with Crippen molar-refractivity contribution in [2.45, 2.75) is 6.36 Å². The number of benzene rings is 2. The predicted molar refractivity (Wildman–Crippen MR) is 103 cm³/mol. The van der Waals surface area contributed by atoms with E-state index in [2.05, 4.69) is 20.3 Å². The number of hydrogen-bond acceptors (Lipinski definition) is 4. The molecule has 1 aromatic heterocycles. The van der Waals surface area contributed by atoms with Crippen LogP contribution >= 0.6 is 23.8 Å². The number of ether oxygens (including phenoxy) is 1. The molecule has 0 aliphatic carbocycles. The lowest BCUT2D eigenvalue weighted by Gasteiger charge is -2.08. The summed E-state index contributed by atoms with van der Waals surface area (Å²) in [5.74, 6) is -0.727. The zero-order chi connectivity index (χ0) is 20.5. The van der Waals surface area contributed by atoms with Crippen LogP contribution in [0.3, 0.4) is 0 Å².